The predicted octanol–water partition coefficient (Wildman–Crippen LogP) is 2.68. The van der Waals surface area contributed by atoms with Crippen LogP contribution >= 0.6 is 0 Å². The third-order valence-electron chi connectivity index (χ3n) is 6.47. The van der Waals surface area contributed by atoms with E-state index in [0.717, 1.165) is 58.5 Å². The number of fused-ring (bicyclic) bond motifs is 3. The minimum absolute atomic E-state index is 0.308. The Kier molecular flexibility index (Phi) is 4.83. The fourth-order valence-electron chi connectivity index (χ4n) is 5.06. The molecule has 1 saturated carbocycles. The molecule has 2 heterocycles. The van der Waals surface area contributed by atoms with E-state index >= 15 is 0 Å². The van der Waals surface area contributed by atoms with Crippen LogP contribution in [-0.4, -0.2) is 61.6 Å². The van der Waals surface area contributed by atoms with Gasteiger partial charge in [0.05, 0.1) is 24.7 Å². The van der Waals surface area contributed by atoms with Crippen LogP contribution in [0.2, 0.25) is 0 Å². The zero-order valence-electron chi connectivity index (χ0n) is 15.3. The minimum atomic E-state index is -0.308. The molecule has 3 aliphatic rings. The Bertz CT molecular complexity index is 597. The summed E-state index contributed by atoms with van der Waals surface area (Å²) in [4.78, 5) is 18.4. The van der Waals surface area contributed by atoms with Gasteiger partial charge in [-0.15, -0.1) is 0 Å². The molecule has 4 rings (SSSR count). The Morgan fingerprint density at radius 3 is 2.56 bits per heavy atom. The van der Waals surface area contributed by atoms with Crippen molar-refractivity contribution in [3.63, 3.8) is 0 Å². The van der Waals surface area contributed by atoms with Crippen LogP contribution in [0, 0.1) is 5.92 Å². The lowest BCUT2D eigenvalue weighted by molar-refractivity contribution is -0.140. The average Bonchev–Trinajstić information content (AvgIpc) is 2.91. The van der Waals surface area contributed by atoms with Crippen LogP contribution in [0.4, 0.5) is 0 Å². The second-order valence-corrected chi connectivity index (χ2v) is 8.22. The topological polar surface area (TPSA) is 32.8 Å². The molecule has 4 heteroatoms. The second-order valence-electron chi connectivity index (χ2n) is 8.22. The van der Waals surface area contributed by atoms with Crippen molar-refractivity contribution in [1.29, 1.82) is 0 Å². The van der Waals surface area contributed by atoms with Gasteiger partial charge in [-0.3, -0.25) is 9.69 Å². The molecule has 2 bridgehead atoms. The van der Waals surface area contributed by atoms with E-state index in [1.165, 1.54) is 12.0 Å². The predicted molar refractivity (Wildman–Crippen MR) is 98.5 cm³/mol. The molecule has 1 amide bonds. The Labute approximate surface area is 151 Å². The highest BCUT2D eigenvalue weighted by atomic mass is 16.5. The molecular formula is C21H30N2O2. The van der Waals surface area contributed by atoms with Crippen molar-refractivity contribution in [1.82, 2.24) is 9.80 Å². The van der Waals surface area contributed by atoms with Crippen molar-refractivity contribution in [3.05, 3.63) is 35.9 Å². The first-order chi connectivity index (χ1) is 12.2. The molecule has 0 spiro atoms. The number of carbonyl (C=O) groups is 1. The molecule has 136 valence electrons. The zero-order chi connectivity index (χ0) is 17.3. The summed E-state index contributed by atoms with van der Waals surface area (Å²) in [6.07, 6.45) is 5.56. The lowest BCUT2D eigenvalue weighted by Gasteiger charge is -2.41. The fraction of sp³-hybridized carbons (Fsp3) is 0.667. The molecule has 2 atom stereocenters. The Hall–Kier alpha value is -1.39. The summed E-state index contributed by atoms with van der Waals surface area (Å²) in [5.41, 5.74) is 0.913. The van der Waals surface area contributed by atoms with Crippen LogP contribution in [0.15, 0.2) is 30.3 Å². The number of amides is 1. The first-order valence-corrected chi connectivity index (χ1v) is 9.82. The Morgan fingerprint density at radius 2 is 1.80 bits per heavy atom. The number of benzene rings is 1. The van der Waals surface area contributed by atoms with Gasteiger partial charge >= 0.3 is 0 Å². The molecule has 0 radical (unpaired) electrons. The monoisotopic (exact) mass is 342 g/mol. The van der Waals surface area contributed by atoms with Gasteiger partial charge in [-0.2, -0.15) is 0 Å². The number of rotatable bonds is 2. The van der Waals surface area contributed by atoms with Gasteiger partial charge in [-0.05, 0) is 25.5 Å². The van der Waals surface area contributed by atoms with E-state index in [4.69, 9.17) is 4.74 Å². The minimum Gasteiger partial charge on any atom is -0.379 e. The van der Waals surface area contributed by atoms with E-state index < -0.39 is 0 Å². The van der Waals surface area contributed by atoms with Crippen molar-refractivity contribution in [2.45, 2.75) is 43.6 Å². The maximum atomic E-state index is 13.8. The lowest BCUT2D eigenvalue weighted by Crippen LogP contribution is -2.52. The molecule has 1 aromatic carbocycles. The highest BCUT2D eigenvalue weighted by molar-refractivity contribution is 5.88. The SMILES string of the molecule is CN1C[C@H]2COC[C@@H]1CN(C(=O)C1(c3ccccc3)CCCCC1)C2. The molecule has 0 N–H and O–H groups in total. The average molecular weight is 342 g/mol. The lowest BCUT2D eigenvalue weighted by atomic mass is 9.68. The molecule has 3 fully saturated rings. The number of carbonyl (C=O) groups excluding carboxylic acids is 1. The smallest absolute Gasteiger partial charge is 0.233 e. The van der Waals surface area contributed by atoms with E-state index in [-0.39, 0.29) is 5.41 Å². The maximum Gasteiger partial charge on any atom is 0.233 e. The quantitative estimate of drug-likeness (QED) is 0.828. The molecule has 2 saturated heterocycles. The Morgan fingerprint density at radius 1 is 1.04 bits per heavy atom. The van der Waals surface area contributed by atoms with Crippen LogP contribution in [-0.2, 0) is 14.9 Å². The number of likely N-dealkylation sites (N-methyl/N-ethyl adjacent to an activating group) is 1. The number of ether oxygens (including phenoxy) is 1. The molecule has 4 nitrogen and oxygen atoms in total. The highest BCUT2D eigenvalue weighted by Gasteiger charge is 2.45. The van der Waals surface area contributed by atoms with E-state index in [9.17, 15) is 4.79 Å². The summed E-state index contributed by atoms with van der Waals surface area (Å²) in [6, 6.07) is 10.9. The normalized spacial score (nSPS) is 29.9. The number of nitrogens with zero attached hydrogens (tertiary/aromatic N) is 2. The van der Waals surface area contributed by atoms with Gasteiger partial charge in [0.25, 0.3) is 0 Å². The molecule has 0 unspecified atom stereocenters. The third kappa shape index (κ3) is 3.22. The van der Waals surface area contributed by atoms with E-state index in [2.05, 4.69) is 41.1 Å². The number of hydrogen-bond acceptors (Lipinski definition) is 3. The van der Waals surface area contributed by atoms with Crippen molar-refractivity contribution in [2.75, 3.05) is 39.9 Å². The highest BCUT2D eigenvalue weighted by Crippen LogP contribution is 2.41. The van der Waals surface area contributed by atoms with Crippen LogP contribution in [0.5, 0.6) is 0 Å². The van der Waals surface area contributed by atoms with Gasteiger partial charge < -0.3 is 9.64 Å². The van der Waals surface area contributed by atoms with Crippen molar-refractivity contribution in [3.8, 4) is 0 Å². The molecule has 1 aromatic rings. The first kappa shape index (κ1) is 17.0. The van der Waals surface area contributed by atoms with Crippen LogP contribution in [0.1, 0.15) is 37.7 Å². The molecular weight excluding hydrogens is 312 g/mol. The molecule has 25 heavy (non-hydrogen) atoms. The van der Waals surface area contributed by atoms with Gasteiger partial charge in [0.1, 0.15) is 0 Å². The third-order valence-corrected chi connectivity index (χ3v) is 6.47. The van der Waals surface area contributed by atoms with Crippen LogP contribution in [0.25, 0.3) is 0 Å². The van der Waals surface area contributed by atoms with Gasteiger partial charge in [0, 0.05) is 25.6 Å². The first-order valence-electron chi connectivity index (χ1n) is 9.82. The zero-order valence-corrected chi connectivity index (χ0v) is 15.3. The summed E-state index contributed by atoms with van der Waals surface area (Å²) in [6.45, 7) is 4.21. The number of hydrogen-bond donors (Lipinski definition) is 0. The van der Waals surface area contributed by atoms with Crippen molar-refractivity contribution < 1.29 is 9.53 Å². The fourth-order valence-corrected chi connectivity index (χ4v) is 5.06. The summed E-state index contributed by atoms with van der Waals surface area (Å²) in [7, 11) is 2.17. The summed E-state index contributed by atoms with van der Waals surface area (Å²) in [5, 5.41) is 0. The van der Waals surface area contributed by atoms with Crippen LogP contribution in [0.3, 0.4) is 0 Å². The van der Waals surface area contributed by atoms with Crippen LogP contribution < -0.4 is 0 Å². The van der Waals surface area contributed by atoms with E-state index in [0.29, 0.717) is 17.9 Å². The molecule has 1 aliphatic carbocycles. The van der Waals surface area contributed by atoms with E-state index in [1.807, 2.05) is 6.07 Å². The van der Waals surface area contributed by atoms with Gasteiger partial charge in [0.15, 0.2) is 0 Å². The van der Waals surface area contributed by atoms with Gasteiger partial charge in [-0.25, -0.2) is 0 Å². The summed E-state index contributed by atoms with van der Waals surface area (Å²) in [5.74, 6) is 0.795. The summed E-state index contributed by atoms with van der Waals surface area (Å²) >= 11 is 0. The molecule has 2 aliphatic heterocycles. The van der Waals surface area contributed by atoms with E-state index in [1.54, 1.807) is 0 Å². The van der Waals surface area contributed by atoms with Crippen molar-refractivity contribution >= 4 is 5.91 Å². The maximum absolute atomic E-state index is 13.8. The largest absolute Gasteiger partial charge is 0.379 e. The molecule has 0 aromatic heterocycles. The van der Waals surface area contributed by atoms with Gasteiger partial charge in [-0.1, -0.05) is 49.6 Å². The Balaban J connectivity index is 1.65. The standard InChI is InChI=1S/C21H30N2O2/c1-22-12-17-13-23(14-19(22)16-25-15-17)20(24)21(10-6-3-7-11-21)18-8-4-2-5-9-18/h2,4-5,8-9,17,19H,3,6-7,10-16H2,1H3/t17-,19+/m1/s1. The summed E-state index contributed by atoms with van der Waals surface area (Å²) < 4.78 is 5.84. The van der Waals surface area contributed by atoms with Crippen molar-refractivity contribution in [2.24, 2.45) is 5.92 Å². The van der Waals surface area contributed by atoms with Gasteiger partial charge in [0.2, 0.25) is 5.91 Å². The second kappa shape index (κ2) is 7.08.